The number of nitrogens with one attached hydrogen (secondary N) is 1. The van der Waals surface area contributed by atoms with Crippen molar-refractivity contribution in [2.24, 2.45) is 5.84 Å². The summed E-state index contributed by atoms with van der Waals surface area (Å²) >= 11 is 0. The number of aromatic nitrogens is 1. The molecule has 90 valence electrons. The van der Waals surface area contributed by atoms with Crippen molar-refractivity contribution in [3.63, 3.8) is 0 Å². The number of nitrogens with zero attached hydrogens (tertiary/aromatic N) is 1. The Morgan fingerprint density at radius 2 is 2.06 bits per heavy atom. The van der Waals surface area contributed by atoms with E-state index in [-0.39, 0.29) is 11.8 Å². The Bertz CT molecular complexity index is 405. The van der Waals surface area contributed by atoms with Crippen LogP contribution in [0.25, 0.3) is 0 Å². The Kier molecular flexibility index (Phi) is 4.85. The van der Waals surface area contributed by atoms with Crippen LogP contribution in [0.2, 0.25) is 0 Å². The second-order valence-corrected chi connectivity index (χ2v) is 6.10. The minimum Gasteiger partial charge on any atom is -0.271 e. The molecule has 0 aromatic carbocycles. The third kappa shape index (κ3) is 5.20. The fourth-order valence-corrected chi connectivity index (χ4v) is 2.12. The summed E-state index contributed by atoms with van der Waals surface area (Å²) in [5.74, 6) is 5.54. The number of hydrogen-bond donors (Lipinski definition) is 2. The van der Waals surface area contributed by atoms with Gasteiger partial charge < -0.3 is 0 Å². The highest BCUT2D eigenvalue weighted by atomic mass is 32.2. The van der Waals surface area contributed by atoms with E-state index < -0.39 is 9.84 Å². The molecule has 1 heterocycles. The van der Waals surface area contributed by atoms with Gasteiger partial charge in [-0.1, -0.05) is 0 Å². The lowest BCUT2D eigenvalue weighted by atomic mass is 10.1. The number of nitrogens with two attached hydrogens (primary N) is 1. The largest absolute Gasteiger partial charge is 0.271 e. The van der Waals surface area contributed by atoms with Gasteiger partial charge in [0.15, 0.2) is 0 Å². The van der Waals surface area contributed by atoms with Crippen LogP contribution in [0.1, 0.15) is 12.0 Å². The van der Waals surface area contributed by atoms with Gasteiger partial charge >= 0.3 is 0 Å². The van der Waals surface area contributed by atoms with Crippen molar-refractivity contribution < 1.29 is 8.42 Å². The average Bonchev–Trinajstić information content (AvgIpc) is 2.24. The van der Waals surface area contributed by atoms with Gasteiger partial charge in [0.25, 0.3) is 0 Å². The van der Waals surface area contributed by atoms with E-state index in [1.807, 2.05) is 12.1 Å². The smallest absolute Gasteiger partial charge is 0.147 e. The van der Waals surface area contributed by atoms with Gasteiger partial charge in [-0.15, -0.1) is 0 Å². The molecule has 1 aromatic rings. The van der Waals surface area contributed by atoms with Gasteiger partial charge in [-0.2, -0.15) is 0 Å². The average molecular weight is 243 g/mol. The topological polar surface area (TPSA) is 85.1 Å². The van der Waals surface area contributed by atoms with Crippen molar-refractivity contribution in [3.05, 3.63) is 30.1 Å². The zero-order valence-electron chi connectivity index (χ0n) is 9.26. The van der Waals surface area contributed by atoms with Crippen molar-refractivity contribution in [1.29, 1.82) is 0 Å². The van der Waals surface area contributed by atoms with Crippen LogP contribution < -0.4 is 11.3 Å². The van der Waals surface area contributed by atoms with Gasteiger partial charge in [-0.05, 0) is 30.5 Å². The molecule has 1 aromatic heterocycles. The van der Waals surface area contributed by atoms with E-state index in [0.29, 0.717) is 12.8 Å². The summed E-state index contributed by atoms with van der Waals surface area (Å²) < 4.78 is 22.1. The molecule has 6 heteroatoms. The lowest BCUT2D eigenvalue weighted by molar-refractivity contribution is 0.506. The summed E-state index contributed by atoms with van der Waals surface area (Å²) in [6.45, 7) is 0. The second-order valence-electron chi connectivity index (χ2n) is 3.84. The van der Waals surface area contributed by atoms with Gasteiger partial charge in [0, 0.05) is 24.7 Å². The predicted octanol–water partition coefficient (Wildman–Crippen LogP) is -0.109. The standard InChI is InChI=1S/C10H17N3O2S/c1-16(14,15)7-4-10(13-11)8-9-2-5-12-6-3-9/h2-3,5-6,10,13H,4,7-8,11H2,1H3. The van der Waals surface area contributed by atoms with E-state index in [4.69, 9.17) is 5.84 Å². The van der Waals surface area contributed by atoms with Gasteiger partial charge in [-0.3, -0.25) is 16.3 Å². The Labute approximate surface area is 96.0 Å². The monoisotopic (exact) mass is 243 g/mol. The van der Waals surface area contributed by atoms with Gasteiger partial charge in [0.1, 0.15) is 9.84 Å². The Balaban J connectivity index is 2.50. The highest BCUT2D eigenvalue weighted by molar-refractivity contribution is 7.90. The quantitative estimate of drug-likeness (QED) is 0.538. The van der Waals surface area contributed by atoms with E-state index in [1.54, 1.807) is 12.4 Å². The first-order valence-electron chi connectivity index (χ1n) is 5.04. The van der Waals surface area contributed by atoms with E-state index in [9.17, 15) is 8.42 Å². The fourth-order valence-electron chi connectivity index (χ4n) is 1.40. The van der Waals surface area contributed by atoms with Crippen LogP contribution in [0.3, 0.4) is 0 Å². The Morgan fingerprint density at radius 1 is 1.44 bits per heavy atom. The number of pyridine rings is 1. The van der Waals surface area contributed by atoms with Crippen molar-refractivity contribution in [2.45, 2.75) is 18.9 Å². The summed E-state index contributed by atoms with van der Waals surface area (Å²) in [6, 6.07) is 3.76. The highest BCUT2D eigenvalue weighted by Gasteiger charge is 2.11. The van der Waals surface area contributed by atoms with Crippen LogP contribution in [0, 0.1) is 0 Å². The molecule has 0 bridgehead atoms. The zero-order valence-corrected chi connectivity index (χ0v) is 10.1. The van der Waals surface area contributed by atoms with Crippen LogP contribution >= 0.6 is 0 Å². The second kappa shape index (κ2) is 5.93. The summed E-state index contributed by atoms with van der Waals surface area (Å²) in [5.41, 5.74) is 3.73. The Morgan fingerprint density at radius 3 is 2.56 bits per heavy atom. The lowest BCUT2D eigenvalue weighted by Gasteiger charge is -2.14. The van der Waals surface area contributed by atoms with Crippen molar-refractivity contribution >= 4 is 9.84 Å². The molecule has 1 atom stereocenters. The maximum atomic E-state index is 11.0. The SMILES string of the molecule is CS(=O)(=O)CCC(Cc1ccncc1)NN. The number of hydrazine groups is 1. The summed E-state index contributed by atoms with van der Waals surface area (Å²) in [7, 11) is -2.93. The summed E-state index contributed by atoms with van der Waals surface area (Å²) in [4.78, 5) is 3.92. The maximum Gasteiger partial charge on any atom is 0.147 e. The van der Waals surface area contributed by atoms with Crippen molar-refractivity contribution in [2.75, 3.05) is 12.0 Å². The molecule has 1 rings (SSSR count). The molecule has 0 aliphatic rings. The molecular formula is C10H17N3O2S. The third-order valence-corrected chi connectivity index (χ3v) is 3.28. The number of hydrogen-bond acceptors (Lipinski definition) is 5. The molecule has 0 aliphatic heterocycles. The normalized spacial score (nSPS) is 13.6. The summed E-state index contributed by atoms with van der Waals surface area (Å²) in [6.07, 6.45) is 5.86. The van der Waals surface area contributed by atoms with E-state index in [2.05, 4.69) is 10.4 Å². The van der Waals surface area contributed by atoms with E-state index in [0.717, 1.165) is 5.56 Å². The molecule has 5 nitrogen and oxygen atoms in total. The third-order valence-electron chi connectivity index (χ3n) is 2.30. The Hall–Kier alpha value is -0.980. The minimum absolute atomic E-state index is 0.0304. The zero-order chi connectivity index (χ0) is 12.0. The molecular weight excluding hydrogens is 226 g/mol. The molecule has 0 radical (unpaired) electrons. The number of sulfone groups is 1. The van der Waals surface area contributed by atoms with Crippen LogP contribution in [-0.4, -0.2) is 31.5 Å². The van der Waals surface area contributed by atoms with Gasteiger partial charge in [0.05, 0.1) is 5.75 Å². The molecule has 0 spiro atoms. The molecule has 1 unspecified atom stereocenters. The minimum atomic E-state index is -2.93. The molecule has 0 saturated carbocycles. The predicted molar refractivity (Wildman–Crippen MR) is 63.4 cm³/mol. The fraction of sp³-hybridized carbons (Fsp3) is 0.500. The van der Waals surface area contributed by atoms with E-state index in [1.165, 1.54) is 6.26 Å². The van der Waals surface area contributed by atoms with Crippen LogP contribution in [-0.2, 0) is 16.3 Å². The van der Waals surface area contributed by atoms with Gasteiger partial charge in [0.2, 0.25) is 0 Å². The van der Waals surface area contributed by atoms with Crippen LogP contribution in [0.4, 0.5) is 0 Å². The first-order chi connectivity index (χ1) is 7.51. The van der Waals surface area contributed by atoms with Crippen molar-refractivity contribution in [1.82, 2.24) is 10.4 Å². The molecule has 0 amide bonds. The molecule has 0 saturated heterocycles. The maximum absolute atomic E-state index is 11.0. The first-order valence-corrected chi connectivity index (χ1v) is 7.10. The molecule has 0 fully saturated rings. The van der Waals surface area contributed by atoms with Crippen LogP contribution in [0.15, 0.2) is 24.5 Å². The first kappa shape index (κ1) is 13.1. The van der Waals surface area contributed by atoms with Crippen LogP contribution in [0.5, 0.6) is 0 Å². The molecule has 16 heavy (non-hydrogen) atoms. The molecule has 0 aliphatic carbocycles. The highest BCUT2D eigenvalue weighted by Crippen LogP contribution is 2.05. The van der Waals surface area contributed by atoms with Crippen molar-refractivity contribution in [3.8, 4) is 0 Å². The summed E-state index contributed by atoms with van der Waals surface area (Å²) in [5, 5.41) is 0. The number of rotatable bonds is 6. The molecule has 3 N–H and O–H groups in total. The lowest BCUT2D eigenvalue weighted by Crippen LogP contribution is -2.38. The van der Waals surface area contributed by atoms with E-state index >= 15 is 0 Å². The van der Waals surface area contributed by atoms with Gasteiger partial charge in [-0.25, -0.2) is 8.42 Å².